The maximum atomic E-state index is 9.71. The molecular formula is C5H10N2O. The Labute approximate surface area is 49.3 Å². The minimum absolute atomic E-state index is 0.322. The topological polar surface area (TPSA) is 52.9 Å². The monoisotopic (exact) mass is 114 g/mol. The molecule has 0 fully saturated rings. The average molecular weight is 114 g/mol. The second kappa shape index (κ2) is 9.35. The van der Waals surface area contributed by atoms with Gasteiger partial charge in [-0.15, -0.1) is 0 Å². The molecular weight excluding hydrogens is 104 g/mol. The molecule has 3 nitrogen and oxygen atoms in total. The number of carbonyl (C=O) groups is 1. The molecule has 0 aromatic rings. The first-order valence-corrected chi connectivity index (χ1v) is 2.43. The Hall–Kier alpha value is -1.04. The molecule has 0 aromatic heterocycles. The number of amides is 1. The van der Waals surface area contributed by atoms with Gasteiger partial charge < -0.3 is 0 Å². The van der Waals surface area contributed by atoms with Crippen molar-refractivity contribution in [2.75, 3.05) is 0 Å². The molecule has 0 radical (unpaired) electrons. The maximum Gasteiger partial charge on any atom is 0.229 e. The molecule has 0 heterocycles. The maximum absolute atomic E-state index is 9.71. The Kier molecular flexibility index (Phi) is 11.7. The van der Waals surface area contributed by atoms with Crippen molar-refractivity contribution in [1.82, 2.24) is 5.32 Å². The van der Waals surface area contributed by atoms with Crippen LogP contribution in [0.15, 0.2) is 0 Å². The van der Waals surface area contributed by atoms with Crippen molar-refractivity contribution in [3.8, 4) is 6.19 Å². The number of hydrogen-bond donors (Lipinski definition) is 1. The summed E-state index contributed by atoms with van der Waals surface area (Å²) < 4.78 is 0. The van der Waals surface area contributed by atoms with Crippen molar-refractivity contribution in [3.05, 3.63) is 0 Å². The summed E-state index contributed by atoms with van der Waals surface area (Å²) in [4.78, 5) is 9.71. The summed E-state index contributed by atoms with van der Waals surface area (Å²) in [5.74, 6) is -0.322. The van der Waals surface area contributed by atoms with Crippen LogP contribution < -0.4 is 5.32 Å². The fraction of sp³-hybridized carbons (Fsp3) is 0.600. The molecule has 8 heavy (non-hydrogen) atoms. The highest BCUT2D eigenvalue weighted by Crippen LogP contribution is 1.49. The molecule has 0 bridgehead atoms. The van der Waals surface area contributed by atoms with Crippen LogP contribution in [-0.4, -0.2) is 5.91 Å². The van der Waals surface area contributed by atoms with E-state index in [1.807, 2.05) is 19.2 Å². The van der Waals surface area contributed by atoms with E-state index in [0.717, 1.165) is 0 Å². The molecule has 0 rings (SSSR count). The molecule has 1 N–H and O–H groups in total. The highest BCUT2D eigenvalue weighted by molar-refractivity contribution is 5.74. The van der Waals surface area contributed by atoms with Gasteiger partial charge in [-0.25, -0.2) is 0 Å². The van der Waals surface area contributed by atoms with Crippen molar-refractivity contribution in [3.63, 3.8) is 0 Å². The highest BCUT2D eigenvalue weighted by Gasteiger charge is 1.78. The Morgan fingerprint density at radius 1 is 1.62 bits per heavy atom. The van der Waals surface area contributed by atoms with Crippen LogP contribution in [0.1, 0.15) is 20.8 Å². The summed E-state index contributed by atoms with van der Waals surface area (Å²) >= 11 is 0. The van der Waals surface area contributed by atoms with E-state index in [-0.39, 0.29) is 5.91 Å². The van der Waals surface area contributed by atoms with Crippen LogP contribution in [0.2, 0.25) is 0 Å². The molecule has 0 unspecified atom stereocenters. The molecule has 0 aliphatic rings. The Bertz CT molecular complexity index is 93.1. The van der Waals surface area contributed by atoms with Crippen LogP contribution in [0.5, 0.6) is 0 Å². The quantitative estimate of drug-likeness (QED) is 0.371. The number of rotatable bonds is 0. The van der Waals surface area contributed by atoms with E-state index in [0.29, 0.717) is 0 Å². The highest BCUT2D eigenvalue weighted by atomic mass is 16.1. The van der Waals surface area contributed by atoms with Crippen LogP contribution in [0.25, 0.3) is 0 Å². The van der Waals surface area contributed by atoms with Gasteiger partial charge in [-0.3, -0.25) is 10.1 Å². The molecule has 0 saturated carbocycles. The summed E-state index contributed by atoms with van der Waals surface area (Å²) in [6.45, 7) is 5.28. The predicted octanol–water partition coefficient (Wildman–Crippen LogP) is 0.630. The Balaban J connectivity index is 0. The third kappa shape index (κ3) is 20.2. The first-order chi connectivity index (χ1) is 3.77. The second-order valence-corrected chi connectivity index (χ2v) is 0.793. The molecule has 1 amide bonds. The van der Waals surface area contributed by atoms with Gasteiger partial charge in [0.2, 0.25) is 5.91 Å². The van der Waals surface area contributed by atoms with Gasteiger partial charge in [0, 0.05) is 6.92 Å². The Morgan fingerprint density at radius 3 is 2.00 bits per heavy atom. The number of nitriles is 1. The summed E-state index contributed by atoms with van der Waals surface area (Å²) in [6.07, 6.45) is 1.47. The van der Waals surface area contributed by atoms with Gasteiger partial charge in [-0.1, -0.05) is 13.8 Å². The summed E-state index contributed by atoms with van der Waals surface area (Å²) in [5.41, 5.74) is 0. The van der Waals surface area contributed by atoms with Crippen molar-refractivity contribution in [1.29, 1.82) is 5.26 Å². The average Bonchev–Trinajstić information content (AvgIpc) is 1.72. The lowest BCUT2D eigenvalue weighted by molar-refractivity contribution is -0.117. The smallest absolute Gasteiger partial charge is 0.229 e. The van der Waals surface area contributed by atoms with Crippen LogP contribution in [0.4, 0.5) is 0 Å². The number of nitrogens with zero attached hydrogens (tertiary/aromatic N) is 1. The van der Waals surface area contributed by atoms with Gasteiger partial charge in [-0.05, 0) is 0 Å². The van der Waals surface area contributed by atoms with E-state index >= 15 is 0 Å². The molecule has 0 aliphatic carbocycles. The summed E-state index contributed by atoms with van der Waals surface area (Å²) in [6, 6.07) is 0. The number of carbonyl (C=O) groups excluding carboxylic acids is 1. The molecule has 0 aromatic carbocycles. The van der Waals surface area contributed by atoms with Gasteiger partial charge in [0.15, 0.2) is 6.19 Å². The van der Waals surface area contributed by atoms with Crippen LogP contribution in [0, 0.1) is 11.5 Å². The zero-order valence-corrected chi connectivity index (χ0v) is 5.36. The first kappa shape index (κ1) is 10.0. The van der Waals surface area contributed by atoms with Gasteiger partial charge >= 0.3 is 0 Å². The molecule has 0 atom stereocenters. The van der Waals surface area contributed by atoms with Crippen LogP contribution in [-0.2, 0) is 4.79 Å². The predicted molar refractivity (Wildman–Crippen MR) is 30.8 cm³/mol. The third-order valence-corrected chi connectivity index (χ3v) is 0.232. The summed E-state index contributed by atoms with van der Waals surface area (Å²) in [5, 5.41) is 9.53. The van der Waals surface area contributed by atoms with Crippen LogP contribution >= 0.6 is 0 Å². The molecule has 46 valence electrons. The lowest BCUT2D eigenvalue weighted by Gasteiger charge is -1.76. The van der Waals surface area contributed by atoms with Crippen molar-refractivity contribution >= 4 is 5.91 Å². The van der Waals surface area contributed by atoms with Crippen molar-refractivity contribution < 1.29 is 4.79 Å². The first-order valence-electron chi connectivity index (χ1n) is 2.43. The molecule has 0 saturated heterocycles. The minimum Gasteiger partial charge on any atom is -0.274 e. The Morgan fingerprint density at radius 2 is 2.00 bits per heavy atom. The van der Waals surface area contributed by atoms with E-state index in [9.17, 15) is 4.79 Å². The van der Waals surface area contributed by atoms with E-state index in [1.54, 1.807) is 0 Å². The van der Waals surface area contributed by atoms with Gasteiger partial charge in [-0.2, -0.15) is 5.26 Å². The van der Waals surface area contributed by atoms with E-state index < -0.39 is 0 Å². The second-order valence-electron chi connectivity index (χ2n) is 0.793. The summed E-state index contributed by atoms with van der Waals surface area (Å²) in [7, 11) is 0. The van der Waals surface area contributed by atoms with E-state index in [4.69, 9.17) is 5.26 Å². The SMILES string of the molecule is CC.CC(=O)NC#N. The normalized spacial score (nSPS) is 5.25. The lowest BCUT2D eigenvalue weighted by atomic mass is 10.7. The van der Waals surface area contributed by atoms with E-state index in [1.165, 1.54) is 13.1 Å². The van der Waals surface area contributed by atoms with E-state index in [2.05, 4.69) is 0 Å². The standard InChI is InChI=1S/C3H4N2O.C2H6/c1-3(6)5-2-4;1-2/h1H3,(H,5,6);1-2H3. The number of nitrogens with one attached hydrogen (secondary N) is 1. The van der Waals surface area contributed by atoms with Gasteiger partial charge in [0.05, 0.1) is 0 Å². The fourth-order valence-corrected chi connectivity index (χ4v) is 0.0787. The van der Waals surface area contributed by atoms with Gasteiger partial charge in [0.1, 0.15) is 0 Å². The van der Waals surface area contributed by atoms with Crippen molar-refractivity contribution in [2.45, 2.75) is 20.8 Å². The zero-order valence-electron chi connectivity index (χ0n) is 5.36. The molecule has 3 heteroatoms. The molecule has 0 aliphatic heterocycles. The van der Waals surface area contributed by atoms with Gasteiger partial charge in [0.25, 0.3) is 0 Å². The molecule has 0 spiro atoms. The van der Waals surface area contributed by atoms with Crippen LogP contribution in [0.3, 0.4) is 0 Å². The third-order valence-electron chi connectivity index (χ3n) is 0.232. The zero-order chi connectivity index (χ0) is 6.99. The fourth-order valence-electron chi connectivity index (χ4n) is 0.0787. The lowest BCUT2D eigenvalue weighted by Crippen LogP contribution is -2.11. The van der Waals surface area contributed by atoms with Crippen molar-refractivity contribution in [2.24, 2.45) is 0 Å². The number of hydrogen-bond acceptors (Lipinski definition) is 2. The minimum atomic E-state index is -0.322. The largest absolute Gasteiger partial charge is 0.274 e.